The zero-order valence-corrected chi connectivity index (χ0v) is 10.4. The van der Waals surface area contributed by atoms with Crippen molar-refractivity contribution in [3.05, 3.63) is 0 Å². The Morgan fingerprint density at radius 3 is 2.50 bits per heavy atom. The molecule has 1 aliphatic rings. The van der Waals surface area contributed by atoms with E-state index in [1.165, 1.54) is 0 Å². The molecule has 5 nitrogen and oxygen atoms in total. The van der Waals surface area contributed by atoms with E-state index in [0.717, 1.165) is 0 Å². The highest BCUT2D eigenvalue weighted by Gasteiger charge is 2.32. The summed E-state index contributed by atoms with van der Waals surface area (Å²) < 4.78 is 5.24. The van der Waals surface area contributed by atoms with Gasteiger partial charge in [-0.1, -0.05) is 0 Å². The Balaban J connectivity index is 2.47. The average molecular weight is 228 g/mol. The van der Waals surface area contributed by atoms with Crippen LogP contribution in [0.25, 0.3) is 0 Å². The Kier molecular flexibility index (Phi) is 3.78. The fourth-order valence-corrected chi connectivity index (χ4v) is 1.67. The predicted octanol–water partition coefficient (Wildman–Crippen LogP) is 0.989. The van der Waals surface area contributed by atoms with Gasteiger partial charge in [-0.25, -0.2) is 4.79 Å². The van der Waals surface area contributed by atoms with E-state index in [-0.39, 0.29) is 17.9 Å². The van der Waals surface area contributed by atoms with E-state index in [1.807, 2.05) is 20.8 Å². The second-order valence-corrected chi connectivity index (χ2v) is 5.03. The lowest BCUT2D eigenvalue weighted by atomic mass is 10.1. The largest absolute Gasteiger partial charge is 0.444 e. The predicted molar refractivity (Wildman–Crippen MR) is 60.0 cm³/mol. The van der Waals surface area contributed by atoms with Crippen molar-refractivity contribution in [1.29, 1.82) is 0 Å². The second kappa shape index (κ2) is 4.72. The van der Waals surface area contributed by atoms with Gasteiger partial charge in [-0.05, 0) is 27.2 Å². The number of ether oxygens (including phenoxy) is 1. The number of carbonyl (C=O) groups is 2. The van der Waals surface area contributed by atoms with E-state index in [4.69, 9.17) is 4.74 Å². The van der Waals surface area contributed by atoms with Crippen LogP contribution in [0.1, 0.15) is 27.2 Å². The zero-order chi connectivity index (χ0) is 12.3. The van der Waals surface area contributed by atoms with Crippen LogP contribution in [-0.4, -0.2) is 42.6 Å². The number of nitrogens with zero attached hydrogens (tertiary/aromatic N) is 1. The summed E-state index contributed by atoms with van der Waals surface area (Å²) in [4.78, 5) is 24.7. The fraction of sp³-hybridized carbons (Fsp3) is 0.818. The number of amides is 2. The third kappa shape index (κ3) is 3.40. The van der Waals surface area contributed by atoms with Gasteiger partial charge in [0.2, 0.25) is 5.91 Å². The molecule has 0 aromatic heterocycles. The first-order valence-electron chi connectivity index (χ1n) is 5.53. The summed E-state index contributed by atoms with van der Waals surface area (Å²) in [7, 11) is 1.61. The molecule has 1 aliphatic heterocycles. The Morgan fingerprint density at radius 1 is 1.38 bits per heavy atom. The standard InChI is InChI=1S/C11H20N2O3/c1-11(2,3)16-10(15)13-6-5-8(7-13)9(14)12-4/h8H,5-7H2,1-4H3,(H,12,14)/t8-/m1/s1. The first-order valence-corrected chi connectivity index (χ1v) is 5.53. The first-order chi connectivity index (χ1) is 7.33. The summed E-state index contributed by atoms with van der Waals surface area (Å²) in [5.41, 5.74) is -0.484. The molecule has 0 bridgehead atoms. The quantitative estimate of drug-likeness (QED) is 0.728. The SMILES string of the molecule is CNC(=O)[C@@H]1CCN(C(=O)OC(C)(C)C)C1. The van der Waals surface area contributed by atoms with Crippen molar-refractivity contribution < 1.29 is 14.3 Å². The molecule has 1 saturated heterocycles. The number of likely N-dealkylation sites (tertiary alicyclic amines) is 1. The van der Waals surface area contributed by atoms with Crippen molar-refractivity contribution in [1.82, 2.24) is 10.2 Å². The van der Waals surface area contributed by atoms with Crippen molar-refractivity contribution in [2.24, 2.45) is 5.92 Å². The van der Waals surface area contributed by atoms with Crippen LogP contribution in [0.3, 0.4) is 0 Å². The lowest BCUT2D eigenvalue weighted by Gasteiger charge is -2.24. The molecule has 0 aromatic rings. The minimum atomic E-state index is -0.484. The van der Waals surface area contributed by atoms with Crippen LogP contribution in [0.4, 0.5) is 4.79 Å². The summed E-state index contributed by atoms with van der Waals surface area (Å²) in [6, 6.07) is 0. The summed E-state index contributed by atoms with van der Waals surface area (Å²) >= 11 is 0. The van der Waals surface area contributed by atoms with Crippen molar-refractivity contribution in [2.45, 2.75) is 32.8 Å². The van der Waals surface area contributed by atoms with E-state index in [2.05, 4.69) is 5.32 Å². The Hall–Kier alpha value is -1.26. The van der Waals surface area contributed by atoms with Crippen molar-refractivity contribution in [3.8, 4) is 0 Å². The summed E-state index contributed by atoms with van der Waals surface area (Å²) in [5, 5.41) is 2.60. The normalized spacial score (nSPS) is 20.8. The van der Waals surface area contributed by atoms with E-state index in [9.17, 15) is 9.59 Å². The van der Waals surface area contributed by atoms with Gasteiger partial charge < -0.3 is 15.0 Å². The molecule has 1 atom stereocenters. The highest BCUT2D eigenvalue weighted by molar-refractivity contribution is 5.80. The molecule has 0 aromatic carbocycles. The van der Waals surface area contributed by atoms with Gasteiger partial charge in [-0.15, -0.1) is 0 Å². The minimum Gasteiger partial charge on any atom is -0.444 e. The van der Waals surface area contributed by atoms with Crippen LogP contribution in [-0.2, 0) is 9.53 Å². The molecule has 1 N–H and O–H groups in total. The Morgan fingerprint density at radius 2 is 2.00 bits per heavy atom. The van der Waals surface area contributed by atoms with Crippen molar-refractivity contribution in [3.63, 3.8) is 0 Å². The van der Waals surface area contributed by atoms with Gasteiger partial charge in [0.1, 0.15) is 5.60 Å². The monoisotopic (exact) mass is 228 g/mol. The summed E-state index contributed by atoms with van der Waals surface area (Å²) in [6.45, 7) is 6.53. The fourth-order valence-electron chi connectivity index (χ4n) is 1.67. The van der Waals surface area contributed by atoms with Gasteiger partial charge in [0.25, 0.3) is 0 Å². The molecule has 5 heteroatoms. The maximum Gasteiger partial charge on any atom is 0.410 e. The molecule has 2 amide bonds. The highest BCUT2D eigenvalue weighted by atomic mass is 16.6. The summed E-state index contributed by atoms with van der Waals surface area (Å²) in [6.07, 6.45) is 0.373. The number of rotatable bonds is 1. The van der Waals surface area contributed by atoms with Gasteiger partial charge >= 0.3 is 6.09 Å². The van der Waals surface area contributed by atoms with Gasteiger partial charge in [-0.2, -0.15) is 0 Å². The molecule has 1 rings (SSSR count). The zero-order valence-electron chi connectivity index (χ0n) is 10.4. The van der Waals surface area contributed by atoms with E-state index in [0.29, 0.717) is 19.5 Å². The van der Waals surface area contributed by atoms with Crippen molar-refractivity contribution >= 4 is 12.0 Å². The third-order valence-corrected chi connectivity index (χ3v) is 2.46. The topological polar surface area (TPSA) is 58.6 Å². The smallest absolute Gasteiger partial charge is 0.410 e. The molecule has 0 spiro atoms. The van der Waals surface area contributed by atoms with Crippen LogP contribution < -0.4 is 5.32 Å². The molecule has 0 unspecified atom stereocenters. The highest BCUT2D eigenvalue weighted by Crippen LogP contribution is 2.19. The average Bonchev–Trinajstić information content (AvgIpc) is 2.62. The molecule has 1 heterocycles. The van der Waals surface area contributed by atoms with E-state index < -0.39 is 5.60 Å². The van der Waals surface area contributed by atoms with Crippen LogP contribution in [0, 0.1) is 5.92 Å². The Labute approximate surface area is 96.1 Å². The number of hydrogen-bond acceptors (Lipinski definition) is 3. The van der Waals surface area contributed by atoms with E-state index in [1.54, 1.807) is 11.9 Å². The van der Waals surface area contributed by atoms with Crippen LogP contribution in [0.2, 0.25) is 0 Å². The number of nitrogens with one attached hydrogen (secondary N) is 1. The Bertz CT molecular complexity index is 283. The van der Waals surface area contributed by atoms with Crippen LogP contribution in [0.15, 0.2) is 0 Å². The molecule has 0 aliphatic carbocycles. The molecule has 16 heavy (non-hydrogen) atoms. The molecular formula is C11H20N2O3. The molecular weight excluding hydrogens is 208 g/mol. The van der Waals surface area contributed by atoms with Gasteiger partial charge in [0.15, 0.2) is 0 Å². The van der Waals surface area contributed by atoms with Gasteiger partial charge in [0.05, 0.1) is 5.92 Å². The molecule has 0 radical (unpaired) electrons. The first kappa shape index (κ1) is 12.8. The van der Waals surface area contributed by atoms with Gasteiger partial charge in [-0.3, -0.25) is 4.79 Å². The lowest BCUT2D eigenvalue weighted by Crippen LogP contribution is -2.37. The number of carbonyl (C=O) groups excluding carboxylic acids is 2. The lowest BCUT2D eigenvalue weighted by molar-refractivity contribution is -0.124. The van der Waals surface area contributed by atoms with Gasteiger partial charge in [0, 0.05) is 20.1 Å². The molecule has 92 valence electrons. The second-order valence-electron chi connectivity index (χ2n) is 5.03. The summed E-state index contributed by atoms with van der Waals surface area (Å²) in [5.74, 6) is -0.108. The minimum absolute atomic E-state index is 0.00828. The maximum absolute atomic E-state index is 11.7. The molecule has 0 saturated carbocycles. The molecule has 1 fully saturated rings. The van der Waals surface area contributed by atoms with E-state index >= 15 is 0 Å². The number of hydrogen-bond donors (Lipinski definition) is 1. The van der Waals surface area contributed by atoms with Crippen LogP contribution in [0.5, 0.6) is 0 Å². The van der Waals surface area contributed by atoms with Crippen LogP contribution >= 0.6 is 0 Å². The maximum atomic E-state index is 11.7. The van der Waals surface area contributed by atoms with Crippen molar-refractivity contribution in [2.75, 3.05) is 20.1 Å². The third-order valence-electron chi connectivity index (χ3n) is 2.46.